The summed E-state index contributed by atoms with van der Waals surface area (Å²) in [6.45, 7) is 4.27. The minimum atomic E-state index is -0.0852. The molecule has 0 bridgehead atoms. The van der Waals surface area contributed by atoms with E-state index in [1.165, 1.54) is 32.1 Å². The minimum Gasteiger partial charge on any atom is -0.382 e. The zero-order valence-electron chi connectivity index (χ0n) is 11.7. The second-order valence-corrected chi connectivity index (χ2v) is 6.12. The number of halogens is 1. The number of rotatable bonds is 3. The summed E-state index contributed by atoms with van der Waals surface area (Å²) in [6.07, 6.45) is 6.05. The average Bonchev–Trinajstić information content (AvgIpc) is 3.01. The van der Waals surface area contributed by atoms with Gasteiger partial charge in [-0.05, 0) is 56.2 Å². The van der Waals surface area contributed by atoms with Gasteiger partial charge in [0.1, 0.15) is 5.82 Å². The van der Waals surface area contributed by atoms with Gasteiger partial charge >= 0.3 is 0 Å². The van der Waals surface area contributed by atoms with Crippen molar-refractivity contribution in [1.82, 2.24) is 0 Å². The third-order valence-electron chi connectivity index (χ3n) is 4.46. The lowest BCUT2D eigenvalue weighted by Gasteiger charge is -2.20. The van der Waals surface area contributed by atoms with Crippen molar-refractivity contribution < 1.29 is 4.39 Å². The summed E-state index contributed by atoms with van der Waals surface area (Å²) in [5.41, 5.74) is 1.70. The lowest BCUT2D eigenvalue weighted by Crippen LogP contribution is -2.19. The number of hydrogen-bond donors (Lipinski definition) is 1. The Morgan fingerprint density at radius 2 is 2.00 bits per heavy atom. The quantitative estimate of drug-likeness (QED) is 0.885. The van der Waals surface area contributed by atoms with Gasteiger partial charge in [-0.3, -0.25) is 0 Å². The summed E-state index contributed by atoms with van der Waals surface area (Å²) in [7, 11) is 0. The average molecular weight is 262 g/mol. The number of hydrogen-bond acceptors (Lipinski definition) is 2. The number of nitrogens with zero attached hydrogens (tertiary/aromatic N) is 1. The zero-order chi connectivity index (χ0) is 13.2. The Morgan fingerprint density at radius 3 is 2.63 bits per heavy atom. The van der Waals surface area contributed by atoms with Crippen LogP contribution >= 0.6 is 0 Å². The van der Waals surface area contributed by atoms with Gasteiger partial charge in [0.25, 0.3) is 0 Å². The number of nitrogens with one attached hydrogen (secondary N) is 1. The van der Waals surface area contributed by atoms with Crippen LogP contribution in [-0.4, -0.2) is 19.1 Å². The fourth-order valence-electron chi connectivity index (χ4n) is 3.39. The Hall–Kier alpha value is -1.25. The molecule has 104 valence electrons. The maximum absolute atomic E-state index is 14.2. The van der Waals surface area contributed by atoms with Gasteiger partial charge in [0, 0.05) is 24.8 Å². The Morgan fingerprint density at radius 1 is 1.21 bits per heavy atom. The molecule has 1 aliphatic heterocycles. The fraction of sp³-hybridized carbons (Fsp3) is 0.625. The smallest absolute Gasteiger partial charge is 0.148 e. The molecule has 3 rings (SSSR count). The first-order valence-electron chi connectivity index (χ1n) is 7.53. The Kier molecular flexibility index (Phi) is 3.63. The second-order valence-electron chi connectivity index (χ2n) is 6.12. The molecule has 2 nitrogen and oxygen atoms in total. The van der Waals surface area contributed by atoms with Gasteiger partial charge in [0.05, 0.1) is 5.69 Å². The van der Waals surface area contributed by atoms with Crippen LogP contribution in [0.5, 0.6) is 0 Å². The van der Waals surface area contributed by atoms with Gasteiger partial charge in [0.2, 0.25) is 0 Å². The summed E-state index contributed by atoms with van der Waals surface area (Å²) in [6, 6.07) is 6.14. The zero-order valence-corrected chi connectivity index (χ0v) is 11.7. The highest BCUT2D eigenvalue weighted by Crippen LogP contribution is 2.30. The van der Waals surface area contributed by atoms with Gasteiger partial charge < -0.3 is 10.2 Å². The SMILES string of the molecule is CC1CCC(Nc2ccc(N3CCCC3)c(F)c2)C1. The summed E-state index contributed by atoms with van der Waals surface area (Å²) in [5, 5.41) is 3.47. The molecule has 0 aromatic heterocycles. The van der Waals surface area contributed by atoms with E-state index in [4.69, 9.17) is 0 Å². The molecule has 1 saturated carbocycles. The van der Waals surface area contributed by atoms with Crippen LogP contribution in [0.25, 0.3) is 0 Å². The summed E-state index contributed by atoms with van der Waals surface area (Å²) in [4.78, 5) is 2.15. The van der Waals surface area contributed by atoms with Crippen molar-refractivity contribution in [2.75, 3.05) is 23.3 Å². The van der Waals surface area contributed by atoms with Gasteiger partial charge in [0.15, 0.2) is 0 Å². The molecule has 2 unspecified atom stereocenters. The lowest BCUT2D eigenvalue weighted by atomic mass is 10.1. The van der Waals surface area contributed by atoms with Crippen molar-refractivity contribution in [2.24, 2.45) is 5.92 Å². The first-order valence-corrected chi connectivity index (χ1v) is 7.53. The monoisotopic (exact) mass is 262 g/mol. The van der Waals surface area contributed by atoms with Crippen LogP contribution in [-0.2, 0) is 0 Å². The first kappa shape index (κ1) is 12.8. The predicted octanol–water partition coefficient (Wildman–Crippen LogP) is 4.03. The fourth-order valence-corrected chi connectivity index (χ4v) is 3.39. The van der Waals surface area contributed by atoms with Gasteiger partial charge in [-0.1, -0.05) is 6.92 Å². The molecule has 0 radical (unpaired) electrons. The molecule has 1 heterocycles. The second kappa shape index (κ2) is 5.40. The van der Waals surface area contributed by atoms with E-state index in [1.807, 2.05) is 12.1 Å². The summed E-state index contributed by atoms with van der Waals surface area (Å²) in [5.74, 6) is 0.712. The van der Waals surface area contributed by atoms with E-state index in [-0.39, 0.29) is 5.82 Å². The lowest BCUT2D eigenvalue weighted by molar-refractivity contribution is 0.602. The topological polar surface area (TPSA) is 15.3 Å². The van der Waals surface area contributed by atoms with E-state index in [9.17, 15) is 4.39 Å². The van der Waals surface area contributed by atoms with Crippen LogP contribution in [0.1, 0.15) is 39.0 Å². The summed E-state index contributed by atoms with van der Waals surface area (Å²) >= 11 is 0. The Labute approximate surface area is 115 Å². The molecule has 1 aromatic rings. The predicted molar refractivity (Wildman–Crippen MR) is 78.3 cm³/mol. The third kappa shape index (κ3) is 2.85. The van der Waals surface area contributed by atoms with E-state index in [0.29, 0.717) is 6.04 Å². The van der Waals surface area contributed by atoms with E-state index >= 15 is 0 Å². The molecule has 1 aromatic carbocycles. The normalized spacial score (nSPS) is 26.9. The Balaban J connectivity index is 1.68. The molecule has 1 N–H and O–H groups in total. The van der Waals surface area contributed by atoms with Gasteiger partial charge in [-0.25, -0.2) is 4.39 Å². The maximum Gasteiger partial charge on any atom is 0.148 e. The van der Waals surface area contributed by atoms with E-state index in [1.54, 1.807) is 6.07 Å². The third-order valence-corrected chi connectivity index (χ3v) is 4.46. The van der Waals surface area contributed by atoms with Gasteiger partial charge in [-0.15, -0.1) is 0 Å². The number of benzene rings is 1. The van der Waals surface area contributed by atoms with Crippen molar-refractivity contribution in [3.63, 3.8) is 0 Å². The first-order chi connectivity index (χ1) is 9.22. The molecule has 1 saturated heterocycles. The van der Waals surface area contributed by atoms with Crippen LogP contribution in [0.4, 0.5) is 15.8 Å². The van der Waals surface area contributed by atoms with Crippen molar-refractivity contribution in [2.45, 2.75) is 45.1 Å². The highest BCUT2D eigenvalue weighted by atomic mass is 19.1. The Bertz CT molecular complexity index is 440. The highest BCUT2D eigenvalue weighted by Gasteiger charge is 2.21. The molecule has 2 fully saturated rings. The largest absolute Gasteiger partial charge is 0.382 e. The van der Waals surface area contributed by atoms with Crippen molar-refractivity contribution in [3.05, 3.63) is 24.0 Å². The molecule has 0 spiro atoms. The molecule has 19 heavy (non-hydrogen) atoms. The van der Waals surface area contributed by atoms with E-state index < -0.39 is 0 Å². The molecule has 0 amide bonds. The number of anilines is 2. The molecular formula is C16H23FN2. The molecule has 1 aliphatic carbocycles. The standard InChI is InChI=1S/C16H23FN2/c1-12-4-5-13(10-12)18-14-6-7-16(15(17)11-14)19-8-2-3-9-19/h6-7,11-13,18H,2-5,8-10H2,1H3. The van der Waals surface area contributed by atoms with Crippen molar-refractivity contribution in [3.8, 4) is 0 Å². The van der Waals surface area contributed by atoms with Crippen molar-refractivity contribution >= 4 is 11.4 Å². The molecule has 3 heteroatoms. The van der Waals surface area contributed by atoms with Crippen LogP contribution in [0.3, 0.4) is 0 Å². The van der Waals surface area contributed by atoms with Crippen LogP contribution in [0.2, 0.25) is 0 Å². The maximum atomic E-state index is 14.2. The molecular weight excluding hydrogens is 239 g/mol. The van der Waals surface area contributed by atoms with Crippen LogP contribution in [0, 0.1) is 11.7 Å². The van der Waals surface area contributed by atoms with E-state index in [0.717, 1.165) is 30.4 Å². The van der Waals surface area contributed by atoms with E-state index in [2.05, 4.69) is 17.1 Å². The van der Waals surface area contributed by atoms with Crippen molar-refractivity contribution in [1.29, 1.82) is 0 Å². The minimum absolute atomic E-state index is 0.0852. The summed E-state index contributed by atoms with van der Waals surface area (Å²) < 4.78 is 14.2. The van der Waals surface area contributed by atoms with Crippen LogP contribution < -0.4 is 10.2 Å². The molecule has 2 aliphatic rings. The van der Waals surface area contributed by atoms with Crippen LogP contribution in [0.15, 0.2) is 18.2 Å². The van der Waals surface area contributed by atoms with Gasteiger partial charge in [-0.2, -0.15) is 0 Å². The highest BCUT2D eigenvalue weighted by molar-refractivity contribution is 5.57. The molecule has 2 atom stereocenters.